The Morgan fingerprint density at radius 2 is 1.45 bits per heavy atom. The minimum atomic E-state index is -0.332. The summed E-state index contributed by atoms with van der Waals surface area (Å²) in [5.74, 6) is -0.472. The van der Waals surface area contributed by atoms with E-state index in [1.165, 1.54) is 11.3 Å². The summed E-state index contributed by atoms with van der Waals surface area (Å²) < 4.78 is 0. The van der Waals surface area contributed by atoms with Crippen molar-refractivity contribution in [3.05, 3.63) is 107 Å². The smallest absolute Gasteiger partial charge is 0.275 e. The number of rotatable bonds is 5. The van der Waals surface area contributed by atoms with Gasteiger partial charge in [-0.1, -0.05) is 72.8 Å². The van der Waals surface area contributed by atoms with Crippen LogP contribution in [0.1, 0.15) is 31.4 Å². The zero-order valence-corrected chi connectivity index (χ0v) is 16.6. The maximum absolute atomic E-state index is 13.1. The molecule has 0 saturated carbocycles. The van der Waals surface area contributed by atoms with E-state index in [-0.39, 0.29) is 11.7 Å². The molecule has 142 valence electrons. The lowest BCUT2D eigenvalue weighted by Crippen LogP contribution is -2.16. The van der Waals surface area contributed by atoms with Crippen molar-refractivity contribution in [2.24, 2.45) is 0 Å². The van der Waals surface area contributed by atoms with E-state index < -0.39 is 0 Å². The van der Waals surface area contributed by atoms with Crippen molar-refractivity contribution in [1.82, 2.24) is 4.98 Å². The number of amides is 1. The van der Waals surface area contributed by atoms with Gasteiger partial charge in [0.15, 0.2) is 5.78 Å². The molecule has 0 aliphatic rings. The lowest BCUT2D eigenvalue weighted by molar-refractivity contribution is 0.102. The van der Waals surface area contributed by atoms with E-state index in [0.717, 1.165) is 15.4 Å². The van der Waals surface area contributed by atoms with Crippen LogP contribution in [0.3, 0.4) is 0 Å². The Bertz CT molecular complexity index is 1170. The SMILES string of the molecule is Cc1nc(C(=O)Nc2ccccc2C(=O)c2ccccc2)c(-c2ccccc2)s1. The number of anilines is 1. The van der Waals surface area contributed by atoms with Crippen molar-refractivity contribution in [3.63, 3.8) is 0 Å². The molecule has 1 amide bonds. The highest BCUT2D eigenvalue weighted by Crippen LogP contribution is 2.31. The van der Waals surface area contributed by atoms with Crippen molar-refractivity contribution >= 4 is 28.7 Å². The number of ketones is 1. The van der Waals surface area contributed by atoms with Gasteiger partial charge in [-0.25, -0.2) is 4.98 Å². The number of carbonyl (C=O) groups is 2. The van der Waals surface area contributed by atoms with Gasteiger partial charge in [0, 0.05) is 11.1 Å². The van der Waals surface area contributed by atoms with Gasteiger partial charge in [0.1, 0.15) is 5.69 Å². The van der Waals surface area contributed by atoms with Crippen molar-refractivity contribution < 1.29 is 9.59 Å². The van der Waals surface area contributed by atoms with Crippen LogP contribution >= 0.6 is 11.3 Å². The van der Waals surface area contributed by atoms with E-state index in [1.807, 2.05) is 55.5 Å². The van der Waals surface area contributed by atoms with Gasteiger partial charge in [-0.2, -0.15) is 0 Å². The predicted molar refractivity (Wildman–Crippen MR) is 117 cm³/mol. The van der Waals surface area contributed by atoms with Crippen LogP contribution in [0.25, 0.3) is 10.4 Å². The zero-order valence-electron chi connectivity index (χ0n) is 15.8. The largest absolute Gasteiger partial charge is 0.320 e. The molecule has 0 fully saturated rings. The van der Waals surface area contributed by atoms with Crippen LogP contribution in [-0.2, 0) is 0 Å². The van der Waals surface area contributed by atoms with Gasteiger partial charge < -0.3 is 5.32 Å². The van der Waals surface area contributed by atoms with Gasteiger partial charge in [-0.05, 0) is 24.6 Å². The van der Waals surface area contributed by atoms with E-state index in [0.29, 0.717) is 22.5 Å². The zero-order chi connectivity index (χ0) is 20.2. The molecule has 0 saturated heterocycles. The van der Waals surface area contributed by atoms with Gasteiger partial charge in [0.05, 0.1) is 15.6 Å². The second-order valence-electron chi connectivity index (χ2n) is 6.47. The highest BCUT2D eigenvalue weighted by molar-refractivity contribution is 7.15. The third-order valence-corrected chi connectivity index (χ3v) is 5.46. The average molecular weight is 398 g/mol. The molecule has 4 rings (SSSR count). The molecule has 0 unspecified atom stereocenters. The van der Waals surface area contributed by atoms with Crippen LogP contribution in [-0.4, -0.2) is 16.7 Å². The average Bonchev–Trinajstić information content (AvgIpc) is 3.17. The molecule has 1 N–H and O–H groups in total. The number of hydrogen-bond donors (Lipinski definition) is 1. The molecule has 0 bridgehead atoms. The molecule has 1 heterocycles. The highest BCUT2D eigenvalue weighted by Gasteiger charge is 2.21. The van der Waals surface area contributed by atoms with E-state index >= 15 is 0 Å². The number of benzene rings is 3. The minimum absolute atomic E-state index is 0.140. The van der Waals surface area contributed by atoms with Gasteiger partial charge in [-0.3, -0.25) is 9.59 Å². The summed E-state index contributed by atoms with van der Waals surface area (Å²) in [6.07, 6.45) is 0. The first-order valence-electron chi connectivity index (χ1n) is 9.16. The first-order valence-corrected chi connectivity index (χ1v) is 9.98. The fourth-order valence-electron chi connectivity index (χ4n) is 3.08. The number of nitrogens with zero attached hydrogens (tertiary/aromatic N) is 1. The van der Waals surface area contributed by atoms with Crippen molar-refractivity contribution in [1.29, 1.82) is 0 Å². The molecular weight excluding hydrogens is 380 g/mol. The summed E-state index contributed by atoms with van der Waals surface area (Å²) in [7, 11) is 0. The molecule has 0 aliphatic heterocycles. The fraction of sp³-hybridized carbons (Fsp3) is 0.0417. The van der Waals surface area contributed by atoms with E-state index in [2.05, 4.69) is 10.3 Å². The maximum Gasteiger partial charge on any atom is 0.275 e. The summed E-state index contributed by atoms with van der Waals surface area (Å²) in [5, 5.41) is 3.69. The molecule has 4 aromatic rings. The summed E-state index contributed by atoms with van der Waals surface area (Å²) in [6.45, 7) is 1.88. The molecule has 0 radical (unpaired) electrons. The molecule has 4 nitrogen and oxygen atoms in total. The molecule has 0 spiro atoms. The molecule has 0 atom stereocenters. The Morgan fingerprint density at radius 1 is 0.828 bits per heavy atom. The van der Waals surface area contributed by atoms with Crippen LogP contribution in [0, 0.1) is 6.92 Å². The van der Waals surface area contributed by atoms with Crippen molar-refractivity contribution in [3.8, 4) is 10.4 Å². The lowest BCUT2D eigenvalue weighted by atomic mass is 10.0. The van der Waals surface area contributed by atoms with Gasteiger partial charge >= 0.3 is 0 Å². The number of aryl methyl sites for hydroxylation is 1. The number of hydrogen-bond acceptors (Lipinski definition) is 4. The monoisotopic (exact) mass is 398 g/mol. The normalized spacial score (nSPS) is 10.5. The standard InChI is InChI=1S/C24H18N2O2S/c1-16-25-21(23(29-16)18-12-6-3-7-13-18)24(28)26-20-15-9-8-14-19(20)22(27)17-10-4-2-5-11-17/h2-15H,1H3,(H,26,28). The van der Waals surface area contributed by atoms with E-state index in [1.54, 1.807) is 36.4 Å². The molecule has 3 aromatic carbocycles. The van der Waals surface area contributed by atoms with Crippen LogP contribution < -0.4 is 5.32 Å². The Balaban J connectivity index is 1.67. The summed E-state index contributed by atoms with van der Waals surface area (Å²) in [4.78, 5) is 31.2. The second kappa shape index (κ2) is 8.20. The Kier molecular flexibility index (Phi) is 5.31. The quantitative estimate of drug-likeness (QED) is 0.445. The molecule has 1 aromatic heterocycles. The van der Waals surface area contributed by atoms with Gasteiger partial charge in [0.2, 0.25) is 0 Å². The van der Waals surface area contributed by atoms with Crippen LogP contribution in [0.5, 0.6) is 0 Å². The lowest BCUT2D eigenvalue weighted by Gasteiger charge is -2.10. The second-order valence-corrected chi connectivity index (χ2v) is 7.67. The third-order valence-electron chi connectivity index (χ3n) is 4.44. The molecular formula is C24H18N2O2S. The fourth-order valence-corrected chi connectivity index (χ4v) is 4.00. The Morgan fingerprint density at radius 3 is 2.17 bits per heavy atom. The number of carbonyl (C=O) groups excluding carboxylic acids is 2. The van der Waals surface area contributed by atoms with E-state index in [9.17, 15) is 9.59 Å². The van der Waals surface area contributed by atoms with Crippen LogP contribution in [0.4, 0.5) is 5.69 Å². The molecule has 5 heteroatoms. The Hall–Kier alpha value is -3.57. The van der Waals surface area contributed by atoms with Crippen LogP contribution in [0.15, 0.2) is 84.9 Å². The van der Waals surface area contributed by atoms with E-state index in [4.69, 9.17) is 0 Å². The van der Waals surface area contributed by atoms with Crippen LogP contribution in [0.2, 0.25) is 0 Å². The molecule has 29 heavy (non-hydrogen) atoms. The van der Waals surface area contributed by atoms with Crippen molar-refractivity contribution in [2.75, 3.05) is 5.32 Å². The number of nitrogens with one attached hydrogen (secondary N) is 1. The summed E-state index contributed by atoms with van der Waals surface area (Å²) >= 11 is 1.47. The summed E-state index contributed by atoms with van der Waals surface area (Å²) in [6, 6.07) is 25.8. The highest BCUT2D eigenvalue weighted by atomic mass is 32.1. The first-order chi connectivity index (χ1) is 14.1. The number of thiazole rings is 1. The number of para-hydroxylation sites is 1. The topological polar surface area (TPSA) is 59.1 Å². The first kappa shape index (κ1) is 18.8. The van der Waals surface area contributed by atoms with Gasteiger partial charge in [-0.15, -0.1) is 11.3 Å². The van der Waals surface area contributed by atoms with Gasteiger partial charge in [0.25, 0.3) is 5.91 Å². The third kappa shape index (κ3) is 4.00. The van der Waals surface area contributed by atoms with Crippen molar-refractivity contribution in [2.45, 2.75) is 6.92 Å². The predicted octanol–water partition coefficient (Wildman–Crippen LogP) is 5.60. The summed E-state index contributed by atoms with van der Waals surface area (Å²) in [5.41, 5.74) is 2.79. The number of aromatic nitrogens is 1. The Labute approximate surface area is 172 Å². The molecule has 0 aliphatic carbocycles. The minimum Gasteiger partial charge on any atom is -0.320 e. The maximum atomic E-state index is 13.1.